The van der Waals surface area contributed by atoms with E-state index in [-0.39, 0.29) is 26.3 Å². The average molecular weight is 873 g/mol. The first-order valence-corrected chi connectivity index (χ1v) is 18.7. The molecule has 0 aliphatic heterocycles. The summed E-state index contributed by atoms with van der Waals surface area (Å²) in [6, 6.07) is 20.1. The first-order chi connectivity index (χ1) is 27.0. The molecule has 0 spiro atoms. The number of hydrogen-bond donors (Lipinski definition) is 0. The number of rotatable bonds is 14. The van der Waals surface area contributed by atoms with Crippen LogP contribution < -0.4 is 9.47 Å². The van der Waals surface area contributed by atoms with E-state index in [0.29, 0.717) is 75.0 Å². The molecule has 2 aromatic heterocycles. The van der Waals surface area contributed by atoms with Crippen LogP contribution in [0.25, 0.3) is 11.1 Å². The summed E-state index contributed by atoms with van der Waals surface area (Å²) in [5.74, 6) is -1.81. The van der Waals surface area contributed by atoms with E-state index < -0.39 is 11.9 Å². The summed E-state index contributed by atoms with van der Waals surface area (Å²) in [5.41, 5.74) is 3.17. The topological polar surface area (TPSA) is 107 Å². The van der Waals surface area contributed by atoms with Crippen LogP contribution in [0.3, 0.4) is 0 Å². The monoisotopic (exact) mass is 870 g/mol. The van der Waals surface area contributed by atoms with Gasteiger partial charge in [-0.2, -0.15) is 0 Å². The van der Waals surface area contributed by atoms with Crippen LogP contribution >= 0.6 is 69.6 Å². The maximum absolute atomic E-state index is 13.2. The van der Waals surface area contributed by atoms with Crippen molar-refractivity contribution in [2.24, 2.45) is 0 Å². The lowest BCUT2D eigenvalue weighted by Crippen LogP contribution is -2.17. The van der Waals surface area contributed by atoms with Crippen LogP contribution in [0.4, 0.5) is 0 Å². The van der Waals surface area contributed by atoms with Crippen molar-refractivity contribution in [2.75, 3.05) is 0 Å². The van der Waals surface area contributed by atoms with E-state index in [1.165, 1.54) is 0 Å². The van der Waals surface area contributed by atoms with Gasteiger partial charge in [-0.05, 0) is 60.7 Å². The van der Waals surface area contributed by atoms with Crippen molar-refractivity contribution >= 4 is 92.7 Å². The third-order valence-electron chi connectivity index (χ3n) is 7.98. The predicted molar refractivity (Wildman–Crippen MR) is 217 cm³/mol. The van der Waals surface area contributed by atoms with Gasteiger partial charge in [-0.15, -0.1) is 0 Å². The molecule has 6 rings (SSSR count). The van der Waals surface area contributed by atoms with E-state index >= 15 is 0 Å². The fraction of sp³-hybridized carbons (Fsp3) is 0.100. The molecule has 0 fully saturated rings. The van der Waals surface area contributed by atoms with Crippen LogP contribution in [0.1, 0.15) is 22.3 Å². The first kappa shape index (κ1) is 40.7. The molecule has 0 N–H and O–H groups in total. The molecule has 0 bridgehead atoms. The number of ether oxygens (including phenoxy) is 4. The smallest absolute Gasteiger partial charge is 0.422 e. The van der Waals surface area contributed by atoms with Gasteiger partial charge in [0.25, 0.3) is 0 Å². The lowest BCUT2D eigenvalue weighted by Gasteiger charge is -2.16. The SMILES string of the molecule is O=C(OC=C(Cn1ccnc1)c1cc(Cl)ccc1OCc1ccc(Cl)cc1Cl)C(=O)OC=C(Cn1ccnc1)c1cc(Cl)ccc1OCc1ccc(Cl)cc1Cl. The van der Waals surface area contributed by atoms with E-state index in [2.05, 4.69) is 9.97 Å². The Hall–Kier alpha value is -4.94. The van der Waals surface area contributed by atoms with Gasteiger partial charge >= 0.3 is 11.9 Å². The highest BCUT2D eigenvalue weighted by Gasteiger charge is 2.21. The molecule has 56 heavy (non-hydrogen) atoms. The van der Waals surface area contributed by atoms with Crippen molar-refractivity contribution < 1.29 is 28.5 Å². The Morgan fingerprint density at radius 2 is 0.946 bits per heavy atom. The summed E-state index contributed by atoms with van der Waals surface area (Å²) in [7, 11) is 0. The molecule has 10 nitrogen and oxygen atoms in total. The normalized spacial score (nSPS) is 11.7. The highest BCUT2D eigenvalue weighted by molar-refractivity contribution is 6.35. The fourth-order valence-corrected chi connectivity index (χ4v) is 6.49. The molecule has 0 aliphatic rings. The van der Waals surface area contributed by atoms with Gasteiger partial charge in [-0.25, -0.2) is 19.6 Å². The number of carbonyl (C=O) groups is 2. The number of benzene rings is 4. The number of carbonyl (C=O) groups excluding carboxylic acids is 2. The minimum Gasteiger partial charge on any atom is -0.488 e. The Kier molecular flexibility index (Phi) is 14.0. The third kappa shape index (κ3) is 11.1. The predicted octanol–water partition coefficient (Wildman–Crippen LogP) is 11.0. The second kappa shape index (κ2) is 19.3. The average Bonchev–Trinajstić information content (AvgIpc) is 3.90. The molecular weight excluding hydrogens is 845 g/mol. The van der Waals surface area contributed by atoms with E-state index in [1.807, 2.05) is 0 Å². The van der Waals surface area contributed by atoms with Crippen LogP contribution in [0.2, 0.25) is 30.1 Å². The molecule has 0 unspecified atom stereocenters. The van der Waals surface area contributed by atoms with Gasteiger partial charge in [0.1, 0.15) is 37.2 Å². The number of halogens is 6. The first-order valence-electron chi connectivity index (χ1n) is 16.5. The molecule has 0 saturated carbocycles. The van der Waals surface area contributed by atoms with Crippen molar-refractivity contribution in [3.63, 3.8) is 0 Å². The summed E-state index contributed by atoms with van der Waals surface area (Å²) < 4.78 is 26.5. The Balaban J connectivity index is 1.24. The van der Waals surface area contributed by atoms with Gasteiger partial charge in [0.05, 0.1) is 25.7 Å². The minimum atomic E-state index is -1.30. The van der Waals surface area contributed by atoms with Gasteiger partial charge in [-0.1, -0.05) is 81.7 Å². The van der Waals surface area contributed by atoms with Gasteiger partial charge < -0.3 is 28.1 Å². The molecule has 0 amide bonds. The Morgan fingerprint density at radius 1 is 0.554 bits per heavy atom. The zero-order valence-corrected chi connectivity index (χ0v) is 33.4. The number of aromatic nitrogens is 4. The highest BCUT2D eigenvalue weighted by atomic mass is 35.5. The molecule has 286 valence electrons. The molecule has 0 saturated heterocycles. The maximum atomic E-state index is 13.2. The summed E-state index contributed by atoms with van der Waals surface area (Å²) in [4.78, 5) is 34.5. The van der Waals surface area contributed by atoms with Crippen LogP contribution in [0, 0.1) is 0 Å². The van der Waals surface area contributed by atoms with Crippen molar-refractivity contribution in [3.05, 3.63) is 175 Å². The van der Waals surface area contributed by atoms with Crippen LogP contribution in [0.5, 0.6) is 11.5 Å². The number of hydrogen-bond acceptors (Lipinski definition) is 8. The van der Waals surface area contributed by atoms with Crippen molar-refractivity contribution in [3.8, 4) is 11.5 Å². The van der Waals surface area contributed by atoms with Crippen molar-refractivity contribution in [1.82, 2.24) is 19.1 Å². The number of allylic oxidation sites excluding steroid dienone is 2. The number of esters is 2. The van der Waals surface area contributed by atoms with E-state index in [1.54, 1.807) is 119 Å². The summed E-state index contributed by atoms with van der Waals surface area (Å²) >= 11 is 37.7. The Morgan fingerprint density at radius 3 is 1.32 bits per heavy atom. The van der Waals surface area contributed by atoms with Crippen LogP contribution in [0.15, 0.2) is 123 Å². The molecule has 6 aromatic rings. The minimum absolute atomic E-state index is 0.0943. The molecule has 2 heterocycles. The standard InChI is InChI=1S/C40H28Cl6N4O6/c41-29-5-7-37(53-19-25-1-3-31(43)15-35(25)45)33(13-29)27(17-49-11-9-47-23-49)21-55-39(51)40(52)56-22-28(18-50-12-10-48-24-50)34-14-30(42)6-8-38(34)54-20-26-2-4-32(44)16-36(26)46/h1-16,21-24H,17-20H2. The summed E-state index contributed by atoms with van der Waals surface area (Å²) in [6.07, 6.45) is 12.0. The van der Waals surface area contributed by atoms with Crippen molar-refractivity contribution in [1.29, 1.82) is 0 Å². The van der Waals surface area contributed by atoms with E-state index in [0.717, 1.165) is 12.5 Å². The Bertz CT molecular complexity index is 2230. The lowest BCUT2D eigenvalue weighted by atomic mass is 10.1. The molecule has 4 aromatic carbocycles. The van der Waals surface area contributed by atoms with Gasteiger partial charge in [0.2, 0.25) is 0 Å². The van der Waals surface area contributed by atoms with Gasteiger partial charge in [0, 0.05) is 88.3 Å². The molecule has 0 aliphatic carbocycles. The zero-order valence-electron chi connectivity index (χ0n) is 28.9. The molecule has 0 radical (unpaired) electrons. The van der Waals surface area contributed by atoms with Gasteiger partial charge in [-0.3, -0.25) is 0 Å². The molecule has 16 heteroatoms. The second-order valence-corrected chi connectivity index (χ2v) is 14.5. The lowest BCUT2D eigenvalue weighted by molar-refractivity contribution is -0.160. The largest absolute Gasteiger partial charge is 0.488 e. The second-order valence-electron chi connectivity index (χ2n) is 11.9. The van der Waals surface area contributed by atoms with Crippen molar-refractivity contribution in [2.45, 2.75) is 26.3 Å². The Labute approximate surface area is 351 Å². The number of imidazole rings is 2. The quantitative estimate of drug-likeness (QED) is 0.0605. The summed E-state index contributed by atoms with van der Waals surface area (Å²) in [5, 5.41) is 2.60. The van der Waals surface area contributed by atoms with E-state index in [9.17, 15) is 9.59 Å². The third-order valence-corrected chi connectivity index (χ3v) is 9.62. The molecular formula is C40H28Cl6N4O6. The maximum Gasteiger partial charge on any atom is 0.422 e. The van der Waals surface area contributed by atoms with Crippen LogP contribution in [-0.2, 0) is 45.4 Å². The summed E-state index contributed by atoms with van der Waals surface area (Å²) in [6.45, 7) is 0.511. The molecule has 0 atom stereocenters. The zero-order chi connectivity index (χ0) is 39.6. The van der Waals surface area contributed by atoms with Crippen LogP contribution in [-0.4, -0.2) is 31.0 Å². The number of nitrogens with zero attached hydrogens (tertiary/aromatic N) is 4. The van der Waals surface area contributed by atoms with E-state index in [4.69, 9.17) is 88.6 Å². The van der Waals surface area contributed by atoms with Gasteiger partial charge in [0.15, 0.2) is 0 Å². The highest BCUT2D eigenvalue weighted by Crippen LogP contribution is 2.34. The fourth-order valence-electron chi connectivity index (χ4n) is 5.22.